The fourth-order valence-electron chi connectivity index (χ4n) is 2.50. The molecule has 1 aromatic heterocycles. The standard InChI is InChI=1S/C15H18N2OS/c1-9(2)14-13(7-16)19-15(17-14)11-8-18-12-6-4-3-5-10(11)12/h3-6,9,11H,7-8,16H2,1-2H3. The third-order valence-electron chi connectivity index (χ3n) is 3.47. The summed E-state index contributed by atoms with van der Waals surface area (Å²) in [6.45, 7) is 5.59. The largest absolute Gasteiger partial charge is 0.492 e. The van der Waals surface area contributed by atoms with E-state index in [1.54, 1.807) is 11.3 Å². The summed E-state index contributed by atoms with van der Waals surface area (Å²) in [4.78, 5) is 6.02. The van der Waals surface area contributed by atoms with Crippen molar-refractivity contribution in [1.29, 1.82) is 0 Å². The van der Waals surface area contributed by atoms with E-state index in [0.717, 1.165) is 16.5 Å². The topological polar surface area (TPSA) is 48.1 Å². The molecule has 1 aliphatic rings. The number of nitrogens with zero attached hydrogens (tertiary/aromatic N) is 1. The molecule has 0 aliphatic carbocycles. The van der Waals surface area contributed by atoms with E-state index in [0.29, 0.717) is 19.1 Å². The van der Waals surface area contributed by atoms with Crippen molar-refractivity contribution in [3.8, 4) is 5.75 Å². The van der Waals surface area contributed by atoms with Gasteiger partial charge in [-0.3, -0.25) is 0 Å². The van der Waals surface area contributed by atoms with E-state index in [1.165, 1.54) is 10.4 Å². The molecule has 0 amide bonds. The second-order valence-electron chi connectivity index (χ2n) is 5.12. The number of hydrogen-bond acceptors (Lipinski definition) is 4. The normalized spacial score (nSPS) is 17.6. The molecule has 0 fully saturated rings. The summed E-state index contributed by atoms with van der Waals surface area (Å²) < 4.78 is 5.74. The van der Waals surface area contributed by atoms with Crippen molar-refractivity contribution in [1.82, 2.24) is 4.98 Å². The second-order valence-corrected chi connectivity index (χ2v) is 6.24. The molecule has 2 aromatic rings. The zero-order chi connectivity index (χ0) is 13.4. The Hall–Kier alpha value is -1.39. The number of thiazole rings is 1. The summed E-state index contributed by atoms with van der Waals surface area (Å²) in [5, 5.41) is 1.13. The van der Waals surface area contributed by atoms with Gasteiger partial charge in [0, 0.05) is 17.0 Å². The SMILES string of the molecule is CC(C)c1nc(C2COc3ccccc32)sc1CN. The molecule has 2 N–H and O–H groups in total. The lowest BCUT2D eigenvalue weighted by Crippen LogP contribution is -2.03. The lowest BCUT2D eigenvalue weighted by Gasteiger charge is -2.04. The minimum absolute atomic E-state index is 0.263. The molecule has 1 atom stereocenters. The Kier molecular flexibility index (Phi) is 3.29. The summed E-state index contributed by atoms with van der Waals surface area (Å²) >= 11 is 1.73. The minimum atomic E-state index is 0.263. The first-order valence-electron chi connectivity index (χ1n) is 6.62. The Morgan fingerprint density at radius 3 is 2.89 bits per heavy atom. The molecule has 100 valence electrons. The van der Waals surface area contributed by atoms with Gasteiger partial charge in [-0.05, 0) is 12.0 Å². The third-order valence-corrected chi connectivity index (χ3v) is 4.68. The van der Waals surface area contributed by atoms with Crippen LogP contribution in [0.5, 0.6) is 5.75 Å². The van der Waals surface area contributed by atoms with Crippen LogP contribution < -0.4 is 10.5 Å². The van der Waals surface area contributed by atoms with Crippen molar-refractivity contribution < 1.29 is 4.74 Å². The van der Waals surface area contributed by atoms with Crippen LogP contribution in [-0.4, -0.2) is 11.6 Å². The van der Waals surface area contributed by atoms with Crippen LogP contribution in [0.1, 0.15) is 46.8 Å². The van der Waals surface area contributed by atoms with Crippen LogP contribution >= 0.6 is 11.3 Å². The van der Waals surface area contributed by atoms with Gasteiger partial charge in [-0.2, -0.15) is 0 Å². The number of rotatable bonds is 3. The molecular formula is C15H18N2OS. The van der Waals surface area contributed by atoms with Gasteiger partial charge in [0.15, 0.2) is 0 Å². The highest BCUT2D eigenvalue weighted by Crippen LogP contribution is 2.40. The van der Waals surface area contributed by atoms with Crippen molar-refractivity contribution in [2.24, 2.45) is 5.73 Å². The fraction of sp³-hybridized carbons (Fsp3) is 0.400. The highest BCUT2D eigenvalue weighted by atomic mass is 32.1. The van der Waals surface area contributed by atoms with Gasteiger partial charge < -0.3 is 10.5 Å². The molecule has 0 bridgehead atoms. The quantitative estimate of drug-likeness (QED) is 0.934. The number of fused-ring (bicyclic) bond motifs is 1. The zero-order valence-electron chi connectivity index (χ0n) is 11.2. The van der Waals surface area contributed by atoms with Crippen molar-refractivity contribution in [2.75, 3.05) is 6.61 Å². The maximum atomic E-state index is 5.83. The molecular weight excluding hydrogens is 256 g/mol. The van der Waals surface area contributed by atoms with E-state index >= 15 is 0 Å². The summed E-state index contributed by atoms with van der Waals surface area (Å²) in [5.74, 6) is 1.67. The van der Waals surface area contributed by atoms with Gasteiger partial charge in [-0.1, -0.05) is 32.0 Å². The lowest BCUT2D eigenvalue weighted by atomic mass is 10.0. The van der Waals surface area contributed by atoms with E-state index in [1.807, 2.05) is 12.1 Å². The van der Waals surface area contributed by atoms with Crippen LogP contribution in [0.4, 0.5) is 0 Å². The number of ether oxygens (including phenoxy) is 1. The van der Waals surface area contributed by atoms with Gasteiger partial charge >= 0.3 is 0 Å². The van der Waals surface area contributed by atoms with Gasteiger partial charge in [0.1, 0.15) is 17.4 Å². The number of hydrogen-bond donors (Lipinski definition) is 1. The van der Waals surface area contributed by atoms with Crippen LogP contribution in [0.2, 0.25) is 0 Å². The van der Waals surface area contributed by atoms with Gasteiger partial charge in [0.2, 0.25) is 0 Å². The molecule has 3 rings (SSSR count). The predicted molar refractivity (Wildman–Crippen MR) is 77.9 cm³/mol. The van der Waals surface area contributed by atoms with E-state index in [-0.39, 0.29) is 5.92 Å². The molecule has 0 saturated carbocycles. The van der Waals surface area contributed by atoms with Gasteiger partial charge in [-0.25, -0.2) is 4.98 Å². The molecule has 19 heavy (non-hydrogen) atoms. The number of nitrogens with two attached hydrogens (primary N) is 1. The Morgan fingerprint density at radius 1 is 1.42 bits per heavy atom. The van der Waals surface area contributed by atoms with Crippen LogP contribution in [-0.2, 0) is 6.54 Å². The van der Waals surface area contributed by atoms with E-state index in [4.69, 9.17) is 15.5 Å². The van der Waals surface area contributed by atoms with Crippen LogP contribution in [0.15, 0.2) is 24.3 Å². The van der Waals surface area contributed by atoms with Gasteiger partial charge in [0.25, 0.3) is 0 Å². The molecule has 2 heterocycles. The maximum Gasteiger partial charge on any atom is 0.123 e. The van der Waals surface area contributed by atoms with Crippen LogP contribution in [0.3, 0.4) is 0 Å². The predicted octanol–water partition coefficient (Wildman–Crippen LogP) is 3.25. The van der Waals surface area contributed by atoms with Crippen LogP contribution in [0, 0.1) is 0 Å². The summed E-state index contributed by atoms with van der Waals surface area (Å²) in [6.07, 6.45) is 0. The third kappa shape index (κ3) is 2.15. The Bertz CT molecular complexity index is 592. The summed E-state index contributed by atoms with van der Waals surface area (Å²) in [6, 6.07) is 8.22. The fourth-order valence-corrected chi connectivity index (χ4v) is 3.70. The molecule has 3 nitrogen and oxygen atoms in total. The van der Waals surface area contributed by atoms with E-state index in [9.17, 15) is 0 Å². The minimum Gasteiger partial charge on any atom is -0.492 e. The van der Waals surface area contributed by atoms with Gasteiger partial charge in [0.05, 0.1) is 11.6 Å². The first kappa shape index (κ1) is 12.6. The molecule has 0 spiro atoms. The smallest absolute Gasteiger partial charge is 0.123 e. The number of benzene rings is 1. The Morgan fingerprint density at radius 2 is 2.21 bits per heavy atom. The molecule has 1 unspecified atom stereocenters. The van der Waals surface area contributed by atoms with Crippen molar-refractivity contribution in [2.45, 2.75) is 32.2 Å². The Balaban J connectivity index is 2.00. The highest BCUT2D eigenvalue weighted by molar-refractivity contribution is 7.11. The lowest BCUT2D eigenvalue weighted by molar-refractivity contribution is 0.342. The summed E-state index contributed by atoms with van der Waals surface area (Å²) in [7, 11) is 0. The summed E-state index contributed by atoms with van der Waals surface area (Å²) in [5.41, 5.74) is 8.22. The Labute approximate surface area is 117 Å². The van der Waals surface area contributed by atoms with Crippen molar-refractivity contribution in [3.63, 3.8) is 0 Å². The molecule has 4 heteroatoms. The maximum absolute atomic E-state index is 5.83. The van der Waals surface area contributed by atoms with E-state index in [2.05, 4.69) is 26.0 Å². The van der Waals surface area contributed by atoms with Crippen molar-refractivity contribution >= 4 is 11.3 Å². The molecule has 0 radical (unpaired) electrons. The monoisotopic (exact) mass is 274 g/mol. The zero-order valence-corrected chi connectivity index (χ0v) is 12.0. The average molecular weight is 274 g/mol. The number of aromatic nitrogens is 1. The first-order valence-corrected chi connectivity index (χ1v) is 7.43. The van der Waals surface area contributed by atoms with Crippen LogP contribution in [0.25, 0.3) is 0 Å². The van der Waals surface area contributed by atoms with Gasteiger partial charge in [-0.15, -0.1) is 11.3 Å². The molecule has 1 aliphatic heterocycles. The molecule has 1 aromatic carbocycles. The second kappa shape index (κ2) is 4.94. The first-order chi connectivity index (χ1) is 9.20. The molecule has 0 saturated heterocycles. The highest BCUT2D eigenvalue weighted by Gasteiger charge is 2.29. The van der Waals surface area contributed by atoms with E-state index < -0.39 is 0 Å². The van der Waals surface area contributed by atoms with Crippen molar-refractivity contribution in [3.05, 3.63) is 45.4 Å². The number of para-hydroxylation sites is 1. The average Bonchev–Trinajstić information content (AvgIpc) is 3.01.